The molecule has 114 valence electrons. The maximum absolute atomic E-state index is 10.4. The molecule has 0 aromatic heterocycles. The van der Waals surface area contributed by atoms with E-state index < -0.39 is 24.5 Å². The van der Waals surface area contributed by atoms with E-state index in [1.165, 1.54) is 7.11 Å². The molecule has 5 atom stereocenters. The van der Waals surface area contributed by atoms with E-state index in [4.69, 9.17) is 19.7 Å². The van der Waals surface area contributed by atoms with Crippen molar-refractivity contribution in [2.75, 3.05) is 7.11 Å². The number of ether oxygens (including phenoxy) is 3. The van der Waals surface area contributed by atoms with E-state index in [0.717, 1.165) is 5.56 Å². The van der Waals surface area contributed by atoms with E-state index in [1.807, 2.05) is 30.3 Å². The first kappa shape index (κ1) is 15.8. The van der Waals surface area contributed by atoms with Gasteiger partial charge in [0.05, 0.1) is 18.8 Å². The number of hydrogen-bond acceptors (Lipinski definition) is 5. The summed E-state index contributed by atoms with van der Waals surface area (Å²) >= 11 is 0. The van der Waals surface area contributed by atoms with E-state index in [9.17, 15) is 5.11 Å². The Labute approximate surface area is 123 Å². The smallest absolute Gasteiger partial charge is 0.168 e. The molecule has 0 saturated carbocycles. The normalized spacial score (nSPS) is 32.4. The van der Waals surface area contributed by atoms with Crippen LogP contribution in [0, 0.1) is 0 Å². The highest BCUT2D eigenvalue weighted by atomic mass is 16.7. The van der Waals surface area contributed by atoms with E-state index >= 15 is 0 Å². The maximum Gasteiger partial charge on any atom is 0.168 e. The van der Waals surface area contributed by atoms with Crippen molar-refractivity contribution in [2.24, 2.45) is 5.11 Å². The van der Waals surface area contributed by atoms with Gasteiger partial charge in [-0.25, -0.2) is 0 Å². The second-order valence-electron chi connectivity index (χ2n) is 4.89. The van der Waals surface area contributed by atoms with Crippen LogP contribution in [0.3, 0.4) is 0 Å². The van der Waals surface area contributed by atoms with Gasteiger partial charge in [-0.1, -0.05) is 35.4 Å². The van der Waals surface area contributed by atoms with Crippen molar-refractivity contribution < 1.29 is 19.3 Å². The molecule has 21 heavy (non-hydrogen) atoms. The summed E-state index contributed by atoms with van der Waals surface area (Å²) < 4.78 is 16.5. The van der Waals surface area contributed by atoms with Crippen LogP contribution in [0.15, 0.2) is 35.4 Å². The minimum Gasteiger partial charge on any atom is -0.390 e. The number of nitrogens with zero attached hydrogens (tertiary/aromatic N) is 3. The van der Waals surface area contributed by atoms with Crippen LogP contribution in [0.1, 0.15) is 12.5 Å². The summed E-state index contributed by atoms with van der Waals surface area (Å²) in [5.41, 5.74) is 9.60. The van der Waals surface area contributed by atoms with Gasteiger partial charge in [-0.15, -0.1) is 0 Å². The zero-order valence-electron chi connectivity index (χ0n) is 12.0. The zero-order chi connectivity index (χ0) is 15.2. The van der Waals surface area contributed by atoms with Gasteiger partial charge in [0.2, 0.25) is 0 Å². The lowest BCUT2D eigenvalue weighted by Crippen LogP contribution is -2.57. The van der Waals surface area contributed by atoms with Crippen LogP contribution >= 0.6 is 0 Å². The third-order valence-electron chi connectivity index (χ3n) is 3.48. The lowest BCUT2D eigenvalue weighted by molar-refractivity contribution is -0.258. The van der Waals surface area contributed by atoms with Gasteiger partial charge in [-0.3, -0.25) is 0 Å². The molecule has 1 saturated heterocycles. The molecule has 0 aliphatic carbocycles. The molecule has 1 N–H and O–H groups in total. The predicted octanol–water partition coefficient (Wildman–Crippen LogP) is 2.00. The van der Waals surface area contributed by atoms with Crippen molar-refractivity contribution in [2.45, 2.75) is 44.2 Å². The summed E-state index contributed by atoms with van der Waals surface area (Å²) in [5, 5.41) is 13.9. The highest BCUT2D eigenvalue weighted by Gasteiger charge is 2.44. The first-order valence-electron chi connectivity index (χ1n) is 6.73. The molecule has 0 unspecified atom stereocenters. The summed E-state index contributed by atoms with van der Waals surface area (Å²) in [5.74, 6) is 0. The largest absolute Gasteiger partial charge is 0.390 e. The molecule has 0 bridgehead atoms. The van der Waals surface area contributed by atoms with E-state index in [-0.39, 0.29) is 6.10 Å². The lowest BCUT2D eigenvalue weighted by Gasteiger charge is -2.41. The molecule has 0 spiro atoms. The number of aliphatic hydroxyl groups excluding tert-OH is 1. The van der Waals surface area contributed by atoms with E-state index in [0.29, 0.717) is 6.61 Å². The highest BCUT2D eigenvalue weighted by Crippen LogP contribution is 2.26. The average molecular weight is 293 g/mol. The van der Waals surface area contributed by atoms with Crippen LogP contribution in [0.2, 0.25) is 0 Å². The first-order chi connectivity index (χ1) is 10.2. The van der Waals surface area contributed by atoms with Crippen molar-refractivity contribution in [1.29, 1.82) is 0 Å². The number of benzene rings is 1. The Morgan fingerprint density at radius 3 is 2.71 bits per heavy atom. The molecule has 2 rings (SSSR count). The molecule has 0 amide bonds. The van der Waals surface area contributed by atoms with Gasteiger partial charge >= 0.3 is 0 Å². The van der Waals surface area contributed by atoms with Crippen molar-refractivity contribution in [3.8, 4) is 0 Å². The number of rotatable bonds is 5. The van der Waals surface area contributed by atoms with E-state index in [1.54, 1.807) is 6.92 Å². The van der Waals surface area contributed by atoms with Gasteiger partial charge in [0.1, 0.15) is 12.1 Å². The van der Waals surface area contributed by atoms with Crippen LogP contribution in [-0.2, 0) is 20.8 Å². The van der Waals surface area contributed by atoms with Crippen molar-refractivity contribution in [3.05, 3.63) is 46.3 Å². The number of aliphatic hydroxyl groups is 1. The Hall–Kier alpha value is -1.63. The molecule has 1 aliphatic rings. The summed E-state index contributed by atoms with van der Waals surface area (Å²) in [6, 6.07) is 8.79. The highest BCUT2D eigenvalue weighted by molar-refractivity contribution is 5.13. The molecular formula is C14H19N3O4. The SMILES string of the molecule is CO[C@@H]1O[C@H](C)[C@H](OCc2ccccc2)[C@H](O)[C@H]1N=[N+]=[N-]. The Balaban J connectivity index is 2.05. The summed E-state index contributed by atoms with van der Waals surface area (Å²) in [6.07, 6.45) is -2.73. The van der Waals surface area contributed by atoms with Crippen LogP contribution in [0.5, 0.6) is 0 Å². The molecule has 1 fully saturated rings. The Kier molecular flexibility index (Phi) is 5.55. The van der Waals surface area contributed by atoms with Gasteiger partial charge in [-0.05, 0) is 18.0 Å². The van der Waals surface area contributed by atoms with E-state index in [2.05, 4.69) is 10.0 Å². The van der Waals surface area contributed by atoms with Crippen LogP contribution < -0.4 is 0 Å². The lowest BCUT2D eigenvalue weighted by atomic mass is 9.98. The molecule has 7 heteroatoms. The minimum absolute atomic E-state index is 0.344. The van der Waals surface area contributed by atoms with Gasteiger partial charge < -0.3 is 19.3 Å². The number of hydrogen-bond donors (Lipinski definition) is 1. The van der Waals surface area contributed by atoms with Crippen molar-refractivity contribution >= 4 is 0 Å². The molecular weight excluding hydrogens is 274 g/mol. The second kappa shape index (κ2) is 7.40. The molecule has 1 aromatic carbocycles. The average Bonchev–Trinajstić information content (AvgIpc) is 2.50. The topological polar surface area (TPSA) is 96.7 Å². The number of azide groups is 1. The van der Waals surface area contributed by atoms with Gasteiger partial charge in [0.15, 0.2) is 6.29 Å². The van der Waals surface area contributed by atoms with Gasteiger partial charge in [0.25, 0.3) is 0 Å². The summed E-state index contributed by atoms with van der Waals surface area (Å²) in [6.45, 7) is 2.13. The Bertz CT molecular complexity index is 492. The Morgan fingerprint density at radius 2 is 2.10 bits per heavy atom. The van der Waals surface area contributed by atoms with Crippen LogP contribution in [-0.4, -0.2) is 42.9 Å². The minimum atomic E-state index is -0.988. The van der Waals surface area contributed by atoms with Gasteiger partial charge in [0, 0.05) is 12.0 Å². The zero-order valence-corrected chi connectivity index (χ0v) is 12.0. The maximum atomic E-state index is 10.4. The summed E-state index contributed by atoms with van der Waals surface area (Å²) in [7, 11) is 1.44. The standard InChI is InChI=1S/C14H19N3O4/c1-9-13(20-8-10-6-4-3-5-7-10)12(18)11(16-17-15)14(19-2)21-9/h3-7,9,11-14,18H,8H2,1-2H3/t9-,11-,12-,13+,14-/m1/s1. The quantitative estimate of drug-likeness (QED) is 0.510. The van der Waals surface area contributed by atoms with Gasteiger partial charge in [-0.2, -0.15) is 0 Å². The fourth-order valence-corrected chi connectivity index (χ4v) is 2.38. The van der Waals surface area contributed by atoms with Crippen molar-refractivity contribution in [1.82, 2.24) is 0 Å². The van der Waals surface area contributed by atoms with Crippen LogP contribution in [0.4, 0.5) is 0 Å². The number of methoxy groups -OCH3 is 1. The monoisotopic (exact) mass is 293 g/mol. The second-order valence-corrected chi connectivity index (χ2v) is 4.89. The molecule has 1 aliphatic heterocycles. The third kappa shape index (κ3) is 3.72. The molecule has 7 nitrogen and oxygen atoms in total. The molecule has 0 radical (unpaired) electrons. The van der Waals surface area contributed by atoms with Crippen LogP contribution in [0.25, 0.3) is 10.4 Å². The summed E-state index contributed by atoms with van der Waals surface area (Å²) in [4.78, 5) is 2.74. The van der Waals surface area contributed by atoms with Crippen molar-refractivity contribution in [3.63, 3.8) is 0 Å². The Morgan fingerprint density at radius 1 is 1.38 bits per heavy atom. The predicted molar refractivity (Wildman–Crippen MR) is 75.3 cm³/mol. The molecule has 1 heterocycles. The fourth-order valence-electron chi connectivity index (χ4n) is 2.38. The fraction of sp³-hybridized carbons (Fsp3) is 0.571. The third-order valence-corrected chi connectivity index (χ3v) is 3.48. The first-order valence-corrected chi connectivity index (χ1v) is 6.73. The molecule has 1 aromatic rings.